The van der Waals surface area contributed by atoms with E-state index in [1.54, 1.807) is 41.1 Å². The zero-order chi connectivity index (χ0) is 24.7. The number of aryl methyl sites for hydroxylation is 2. The molecular formula is C25H32ClN5O3. The van der Waals surface area contributed by atoms with Crippen LogP contribution in [0.1, 0.15) is 11.1 Å². The molecule has 2 aromatic carbocycles. The number of likely N-dealkylation sites (N-methyl/N-ethyl adjacent to an activating group) is 1. The third-order valence-electron chi connectivity index (χ3n) is 5.80. The Bertz CT molecular complexity index is 1020. The first-order chi connectivity index (χ1) is 16.2. The Kier molecular flexibility index (Phi) is 9.04. The van der Waals surface area contributed by atoms with Gasteiger partial charge in [-0.05, 0) is 44.2 Å². The van der Waals surface area contributed by atoms with Gasteiger partial charge < -0.3 is 15.5 Å². The first-order valence-electron chi connectivity index (χ1n) is 11.3. The monoisotopic (exact) mass is 485 g/mol. The molecule has 0 saturated carbocycles. The van der Waals surface area contributed by atoms with E-state index in [1.165, 1.54) is 0 Å². The van der Waals surface area contributed by atoms with E-state index in [0.717, 1.165) is 16.8 Å². The summed E-state index contributed by atoms with van der Waals surface area (Å²) in [6, 6.07) is 12.9. The van der Waals surface area contributed by atoms with Crippen LogP contribution in [-0.2, 0) is 14.4 Å². The van der Waals surface area contributed by atoms with Crippen molar-refractivity contribution in [2.24, 2.45) is 0 Å². The number of piperazine rings is 1. The van der Waals surface area contributed by atoms with Gasteiger partial charge in [0.2, 0.25) is 17.7 Å². The van der Waals surface area contributed by atoms with Crippen LogP contribution in [-0.4, -0.2) is 85.3 Å². The third kappa shape index (κ3) is 7.28. The van der Waals surface area contributed by atoms with Crippen LogP contribution in [0.5, 0.6) is 0 Å². The largest absolute Gasteiger partial charge is 0.339 e. The first-order valence-corrected chi connectivity index (χ1v) is 11.7. The van der Waals surface area contributed by atoms with E-state index < -0.39 is 0 Å². The molecule has 34 heavy (non-hydrogen) atoms. The molecule has 1 fully saturated rings. The second-order valence-corrected chi connectivity index (χ2v) is 9.08. The van der Waals surface area contributed by atoms with Gasteiger partial charge in [0.1, 0.15) is 0 Å². The van der Waals surface area contributed by atoms with Crippen molar-refractivity contribution in [1.29, 1.82) is 0 Å². The molecule has 3 amide bonds. The van der Waals surface area contributed by atoms with E-state index in [-0.39, 0.29) is 37.4 Å². The maximum absolute atomic E-state index is 12.7. The molecule has 1 aliphatic heterocycles. The maximum Gasteiger partial charge on any atom is 0.238 e. The highest BCUT2D eigenvalue weighted by molar-refractivity contribution is 6.33. The number of nitrogens with zero attached hydrogens (tertiary/aromatic N) is 3. The molecular weight excluding hydrogens is 454 g/mol. The van der Waals surface area contributed by atoms with Crippen molar-refractivity contribution < 1.29 is 14.4 Å². The van der Waals surface area contributed by atoms with Crippen LogP contribution < -0.4 is 10.6 Å². The molecule has 0 bridgehead atoms. The van der Waals surface area contributed by atoms with Crippen LogP contribution in [0.3, 0.4) is 0 Å². The predicted molar refractivity (Wildman–Crippen MR) is 135 cm³/mol. The van der Waals surface area contributed by atoms with Gasteiger partial charge >= 0.3 is 0 Å². The molecule has 0 radical (unpaired) electrons. The Balaban J connectivity index is 1.39. The SMILES string of the molecule is Cc1cccc(C)c1NC(=O)CN1CCN(C(=O)CN(C)CC(=O)Nc2ccccc2Cl)CC1. The van der Waals surface area contributed by atoms with Crippen LogP contribution in [0.2, 0.25) is 5.02 Å². The molecule has 0 aromatic heterocycles. The second-order valence-electron chi connectivity index (χ2n) is 8.67. The highest BCUT2D eigenvalue weighted by atomic mass is 35.5. The van der Waals surface area contributed by atoms with E-state index in [1.807, 2.05) is 36.9 Å². The van der Waals surface area contributed by atoms with Gasteiger partial charge in [0, 0.05) is 31.9 Å². The molecule has 2 aromatic rings. The molecule has 8 nitrogen and oxygen atoms in total. The molecule has 2 N–H and O–H groups in total. The molecule has 0 unspecified atom stereocenters. The third-order valence-corrected chi connectivity index (χ3v) is 6.13. The van der Waals surface area contributed by atoms with Crippen LogP contribution >= 0.6 is 11.6 Å². The standard InChI is InChI=1S/C25H32ClN5O3/c1-18-7-6-8-19(2)25(18)28-23(33)16-30-11-13-31(14-12-30)24(34)17-29(3)15-22(32)27-21-10-5-4-9-20(21)26/h4-10H,11-17H2,1-3H3,(H,27,32)(H,28,33). The van der Waals surface area contributed by atoms with Gasteiger partial charge in [-0.2, -0.15) is 0 Å². The molecule has 1 aliphatic rings. The van der Waals surface area contributed by atoms with Gasteiger partial charge in [0.05, 0.1) is 30.3 Å². The van der Waals surface area contributed by atoms with Gasteiger partial charge in [-0.15, -0.1) is 0 Å². The summed E-state index contributed by atoms with van der Waals surface area (Å²) < 4.78 is 0. The fourth-order valence-corrected chi connectivity index (χ4v) is 4.12. The molecule has 9 heteroatoms. The average molecular weight is 486 g/mol. The number of anilines is 2. The minimum atomic E-state index is -0.233. The quantitative estimate of drug-likeness (QED) is 0.600. The number of hydrogen-bond acceptors (Lipinski definition) is 5. The molecule has 182 valence electrons. The van der Waals surface area contributed by atoms with E-state index >= 15 is 0 Å². The van der Waals surface area contributed by atoms with Crippen LogP contribution in [0.25, 0.3) is 0 Å². The van der Waals surface area contributed by atoms with Crippen LogP contribution in [0.15, 0.2) is 42.5 Å². The summed E-state index contributed by atoms with van der Waals surface area (Å²) in [5.74, 6) is -0.322. The fourth-order valence-electron chi connectivity index (χ4n) is 3.93. The lowest BCUT2D eigenvalue weighted by Crippen LogP contribution is -2.52. The molecule has 0 aliphatic carbocycles. The van der Waals surface area contributed by atoms with Gasteiger partial charge in [0.25, 0.3) is 0 Å². The minimum absolute atomic E-state index is 0.0346. The average Bonchev–Trinajstić information content (AvgIpc) is 2.78. The number of nitrogens with one attached hydrogen (secondary N) is 2. The zero-order valence-corrected chi connectivity index (χ0v) is 20.7. The number of amides is 3. The lowest BCUT2D eigenvalue weighted by atomic mass is 10.1. The van der Waals surface area contributed by atoms with Crippen molar-refractivity contribution in [2.45, 2.75) is 13.8 Å². The van der Waals surface area contributed by atoms with E-state index in [0.29, 0.717) is 36.9 Å². The number of rotatable bonds is 8. The summed E-state index contributed by atoms with van der Waals surface area (Å²) in [5, 5.41) is 6.24. The summed E-state index contributed by atoms with van der Waals surface area (Å²) in [5.41, 5.74) is 3.48. The number of carbonyl (C=O) groups is 3. The van der Waals surface area contributed by atoms with E-state index in [4.69, 9.17) is 11.6 Å². The summed E-state index contributed by atoms with van der Waals surface area (Å²) in [6.45, 7) is 6.82. The van der Waals surface area contributed by atoms with Crippen molar-refractivity contribution in [3.63, 3.8) is 0 Å². The summed E-state index contributed by atoms with van der Waals surface area (Å²) in [7, 11) is 1.73. The van der Waals surface area contributed by atoms with Crippen molar-refractivity contribution in [3.05, 3.63) is 58.6 Å². The van der Waals surface area contributed by atoms with Gasteiger partial charge in [-0.25, -0.2) is 0 Å². The summed E-state index contributed by atoms with van der Waals surface area (Å²) in [4.78, 5) is 43.0. The minimum Gasteiger partial charge on any atom is -0.339 e. The Morgan fingerprint density at radius 3 is 2.18 bits per heavy atom. The Hall–Kier alpha value is -2.94. The van der Waals surface area contributed by atoms with Crippen molar-refractivity contribution in [3.8, 4) is 0 Å². The normalized spacial score (nSPS) is 14.2. The lowest BCUT2D eigenvalue weighted by Gasteiger charge is -2.35. The maximum atomic E-state index is 12.7. The van der Waals surface area contributed by atoms with Gasteiger partial charge in [-0.1, -0.05) is 41.9 Å². The fraction of sp³-hybridized carbons (Fsp3) is 0.400. The number of benzene rings is 2. The van der Waals surface area contributed by atoms with Crippen LogP contribution in [0, 0.1) is 13.8 Å². The lowest BCUT2D eigenvalue weighted by molar-refractivity contribution is -0.134. The van der Waals surface area contributed by atoms with Crippen molar-refractivity contribution in [2.75, 3.05) is 63.5 Å². The summed E-state index contributed by atoms with van der Waals surface area (Å²) >= 11 is 6.07. The molecule has 3 rings (SSSR count). The second kappa shape index (κ2) is 12.0. The number of halogens is 1. The Morgan fingerprint density at radius 1 is 0.882 bits per heavy atom. The molecule has 0 atom stereocenters. The van der Waals surface area contributed by atoms with Gasteiger partial charge in [-0.3, -0.25) is 24.2 Å². The highest BCUT2D eigenvalue weighted by Crippen LogP contribution is 2.20. The predicted octanol–water partition coefficient (Wildman–Crippen LogP) is 2.61. The van der Waals surface area contributed by atoms with Gasteiger partial charge in [0.15, 0.2) is 0 Å². The topological polar surface area (TPSA) is 85.0 Å². The first kappa shape index (κ1) is 25.7. The highest BCUT2D eigenvalue weighted by Gasteiger charge is 2.24. The smallest absolute Gasteiger partial charge is 0.238 e. The van der Waals surface area contributed by atoms with E-state index in [2.05, 4.69) is 10.6 Å². The van der Waals surface area contributed by atoms with E-state index in [9.17, 15) is 14.4 Å². The molecule has 0 spiro atoms. The Morgan fingerprint density at radius 2 is 1.53 bits per heavy atom. The van der Waals surface area contributed by atoms with Crippen molar-refractivity contribution >= 4 is 40.7 Å². The number of carbonyl (C=O) groups excluding carboxylic acids is 3. The van der Waals surface area contributed by atoms with Crippen molar-refractivity contribution in [1.82, 2.24) is 14.7 Å². The van der Waals surface area contributed by atoms with Crippen LogP contribution in [0.4, 0.5) is 11.4 Å². The summed E-state index contributed by atoms with van der Waals surface area (Å²) in [6.07, 6.45) is 0. The number of para-hydroxylation sites is 2. The Labute approximate surface area is 205 Å². The zero-order valence-electron chi connectivity index (χ0n) is 19.9. The molecule has 1 saturated heterocycles. The number of hydrogen-bond donors (Lipinski definition) is 2. The molecule has 1 heterocycles.